The number of hydrogen-bond acceptors (Lipinski definition) is 5. The van der Waals surface area contributed by atoms with Gasteiger partial charge in [-0.05, 0) is 0 Å². The zero-order valence-corrected chi connectivity index (χ0v) is 12.9. The molecule has 1 aliphatic heterocycles. The summed E-state index contributed by atoms with van der Waals surface area (Å²) < 4.78 is 128. The summed E-state index contributed by atoms with van der Waals surface area (Å²) in [6.45, 7) is -1.50. The Balaban J connectivity index is 2.06. The van der Waals surface area contributed by atoms with Crippen LogP contribution in [0.2, 0.25) is 0 Å². The Morgan fingerprint density at radius 2 is 1.62 bits per heavy atom. The first-order valence-corrected chi connectivity index (χ1v) is 7.39. The second-order valence-electron chi connectivity index (χ2n) is 4.97. The van der Waals surface area contributed by atoms with Gasteiger partial charge in [0.25, 0.3) is 0 Å². The third kappa shape index (κ3) is 3.25. The number of rotatable bonds is 5. The molecule has 1 aromatic rings. The minimum Gasteiger partial charge on any atom is -0.485 e. The van der Waals surface area contributed by atoms with Gasteiger partial charge in [-0.2, -0.15) is 39.5 Å². The van der Waals surface area contributed by atoms with Crippen LogP contribution in [0.15, 0.2) is 10.8 Å². The fourth-order valence-electron chi connectivity index (χ4n) is 1.71. The van der Waals surface area contributed by atoms with E-state index in [2.05, 4.69) is 4.74 Å². The quantitative estimate of drug-likeness (QED) is 0.538. The second-order valence-corrected chi connectivity index (χ2v) is 5.71. The lowest BCUT2D eigenvalue weighted by molar-refractivity contribution is -0.390. The number of carbonyl (C=O) groups is 1. The van der Waals surface area contributed by atoms with Gasteiger partial charge in [0.1, 0.15) is 13.2 Å². The maximum absolute atomic E-state index is 13.3. The Bertz CT molecular complexity index is 670. The van der Waals surface area contributed by atoms with Gasteiger partial charge in [0.05, 0.1) is 0 Å². The van der Waals surface area contributed by atoms with Crippen LogP contribution in [0.3, 0.4) is 0 Å². The molecule has 0 saturated carbocycles. The summed E-state index contributed by atoms with van der Waals surface area (Å²) in [5.74, 6) is -23.5. The van der Waals surface area contributed by atoms with E-state index in [4.69, 9.17) is 9.47 Å². The Morgan fingerprint density at radius 1 is 1.04 bits per heavy atom. The largest absolute Gasteiger partial charge is 0.485 e. The van der Waals surface area contributed by atoms with Crippen molar-refractivity contribution in [2.24, 2.45) is 0 Å². The zero-order chi connectivity index (χ0) is 20.0. The zero-order valence-electron chi connectivity index (χ0n) is 12.1. The van der Waals surface area contributed by atoms with E-state index in [1.165, 1.54) is 10.8 Å². The molecule has 14 heteroatoms. The molecule has 2 heterocycles. The summed E-state index contributed by atoms with van der Waals surface area (Å²) in [4.78, 5) is 11.1. The van der Waals surface area contributed by atoms with E-state index < -0.39 is 42.6 Å². The number of esters is 1. The van der Waals surface area contributed by atoms with E-state index in [0.29, 0.717) is 0 Å². The molecule has 148 valence electrons. The van der Waals surface area contributed by atoms with Gasteiger partial charge in [0.15, 0.2) is 17.6 Å². The van der Waals surface area contributed by atoms with Crippen LogP contribution in [0.25, 0.3) is 0 Å². The first-order chi connectivity index (χ1) is 11.7. The topological polar surface area (TPSA) is 44.8 Å². The fourth-order valence-corrected chi connectivity index (χ4v) is 2.38. The highest BCUT2D eigenvalue weighted by atomic mass is 32.1. The summed E-state index contributed by atoms with van der Waals surface area (Å²) in [5, 5.41) is 2.92. The molecule has 0 fully saturated rings. The molecule has 0 radical (unpaired) electrons. The van der Waals surface area contributed by atoms with Gasteiger partial charge in [0, 0.05) is 10.8 Å². The fraction of sp³-hybridized carbons (Fsp3) is 0.583. The average molecular weight is 418 g/mol. The highest BCUT2D eigenvalue weighted by molar-refractivity contribution is 7.08. The van der Waals surface area contributed by atoms with Crippen LogP contribution in [-0.4, -0.2) is 49.2 Å². The molecule has 0 spiro atoms. The van der Waals surface area contributed by atoms with E-state index in [-0.39, 0.29) is 18.1 Å². The van der Waals surface area contributed by atoms with Crippen LogP contribution in [0.5, 0.6) is 11.5 Å². The lowest BCUT2D eigenvalue weighted by Crippen LogP contribution is -2.63. The monoisotopic (exact) mass is 418 g/mol. The van der Waals surface area contributed by atoms with Gasteiger partial charge in [-0.1, -0.05) is 0 Å². The van der Waals surface area contributed by atoms with Crippen molar-refractivity contribution in [1.82, 2.24) is 0 Å². The van der Waals surface area contributed by atoms with Gasteiger partial charge >= 0.3 is 29.9 Å². The highest BCUT2D eigenvalue weighted by Crippen LogP contribution is 2.53. The van der Waals surface area contributed by atoms with E-state index in [9.17, 15) is 44.3 Å². The second kappa shape index (κ2) is 6.39. The standard InChI is InChI=1S/C12H7F9O4S/c13-9(14,10(15,16)11(17,18)12(19,20)21)8(22)24-2-5-1-23-6-3-26-4-7(6)25-5/h3-5H,1-2H2. The summed E-state index contributed by atoms with van der Waals surface area (Å²) >= 11 is 1.13. The number of ether oxygens (including phenoxy) is 3. The molecule has 0 aromatic carbocycles. The van der Waals surface area contributed by atoms with Crippen LogP contribution in [0.4, 0.5) is 39.5 Å². The molecular formula is C12H7F9O4S. The minimum atomic E-state index is -7.17. The van der Waals surface area contributed by atoms with Crippen LogP contribution >= 0.6 is 11.3 Å². The Hall–Kier alpha value is -1.86. The number of carbonyl (C=O) groups excluding carboxylic acids is 1. The Morgan fingerprint density at radius 3 is 2.19 bits per heavy atom. The number of thiophene rings is 1. The van der Waals surface area contributed by atoms with E-state index >= 15 is 0 Å². The van der Waals surface area contributed by atoms with Crippen LogP contribution in [-0.2, 0) is 9.53 Å². The smallest absolute Gasteiger partial charge is 0.460 e. The maximum atomic E-state index is 13.3. The summed E-state index contributed by atoms with van der Waals surface area (Å²) in [7, 11) is 0. The van der Waals surface area contributed by atoms with Crippen molar-refractivity contribution in [3.8, 4) is 11.5 Å². The molecule has 2 rings (SSSR count). The molecule has 0 N–H and O–H groups in total. The number of alkyl halides is 9. The summed E-state index contributed by atoms with van der Waals surface area (Å²) in [6.07, 6.45) is -8.27. The summed E-state index contributed by atoms with van der Waals surface area (Å²) in [5.41, 5.74) is 0. The first kappa shape index (κ1) is 20.5. The average Bonchev–Trinajstić information content (AvgIpc) is 2.98. The predicted octanol–water partition coefficient (Wildman–Crippen LogP) is 3.90. The third-order valence-electron chi connectivity index (χ3n) is 3.11. The number of halogens is 9. The van der Waals surface area contributed by atoms with Crippen molar-refractivity contribution in [2.75, 3.05) is 13.2 Å². The van der Waals surface area contributed by atoms with Gasteiger partial charge in [-0.25, -0.2) is 4.79 Å². The molecule has 1 unspecified atom stereocenters. The summed E-state index contributed by atoms with van der Waals surface area (Å²) in [6, 6.07) is 0. The Kier molecular flexibility index (Phi) is 5.02. The van der Waals surface area contributed by atoms with Crippen molar-refractivity contribution >= 4 is 17.3 Å². The molecule has 1 atom stereocenters. The molecule has 26 heavy (non-hydrogen) atoms. The van der Waals surface area contributed by atoms with Crippen molar-refractivity contribution < 1.29 is 58.5 Å². The molecule has 1 aliphatic rings. The molecule has 0 aliphatic carbocycles. The van der Waals surface area contributed by atoms with Gasteiger partial charge < -0.3 is 14.2 Å². The van der Waals surface area contributed by atoms with Crippen molar-refractivity contribution in [3.63, 3.8) is 0 Å². The molecular weight excluding hydrogens is 411 g/mol. The van der Waals surface area contributed by atoms with E-state index in [1.54, 1.807) is 0 Å². The van der Waals surface area contributed by atoms with Gasteiger partial charge in [-0.15, -0.1) is 11.3 Å². The van der Waals surface area contributed by atoms with Crippen molar-refractivity contribution in [3.05, 3.63) is 10.8 Å². The lowest BCUT2D eigenvalue weighted by Gasteiger charge is -2.32. The molecule has 0 saturated heterocycles. The number of hydrogen-bond donors (Lipinski definition) is 0. The molecule has 0 bridgehead atoms. The molecule has 4 nitrogen and oxygen atoms in total. The predicted molar refractivity (Wildman–Crippen MR) is 66.1 cm³/mol. The maximum Gasteiger partial charge on any atom is 0.460 e. The van der Waals surface area contributed by atoms with Crippen molar-refractivity contribution in [1.29, 1.82) is 0 Å². The van der Waals surface area contributed by atoms with Crippen LogP contribution in [0, 0.1) is 0 Å². The number of fused-ring (bicyclic) bond motifs is 1. The van der Waals surface area contributed by atoms with Gasteiger partial charge in [-0.3, -0.25) is 0 Å². The minimum absolute atomic E-state index is 0.128. The first-order valence-electron chi connectivity index (χ1n) is 6.45. The molecule has 0 amide bonds. The van der Waals surface area contributed by atoms with Gasteiger partial charge in [0.2, 0.25) is 0 Å². The van der Waals surface area contributed by atoms with E-state index in [1.807, 2.05) is 0 Å². The molecule has 1 aromatic heterocycles. The SMILES string of the molecule is O=C(OCC1COc2cscc2O1)C(F)(F)C(F)(F)C(F)(F)C(F)(F)F. The van der Waals surface area contributed by atoms with Crippen LogP contribution in [0.1, 0.15) is 0 Å². The lowest BCUT2D eigenvalue weighted by atomic mass is 10.0. The van der Waals surface area contributed by atoms with Crippen LogP contribution < -0.4 is 9.47 Å². The van der Waals surface area contributed by atoms with E-state index in [0.717, 1.165) is 11.3 Å². The Labute approximate surface area is 142 Å². The highest BCUT2D eigenvalue weighted by Gasteiger charge is 2.84. The van der Waals surface area contributed by atoms with Crippen molar-refractivity contribution in [2.45, 2.75) is 30.0 Å². The third-order valence-corrected chi connectivity index (χ3v) is 3.81. The normalized spacial score (nSPS) is 18.6.